The molecule has 2 N–H and O–H groups in total. The Hall–Kier alpha value is -1.63. The maximum absolute atomic E-state index is 12.0. The summed E-state index contributed by atoms with van der Waals surface area (Å²) in [6, 6.07) is -0.576. The van der Waals surface area contributed by atoms with Crippen LogP contribution in [0.3, 0.4) is 0 Å². The van der Waals surface area contributed by atoms with Gasteiger partial charge in [0, 0.05) is 19.0 Å². The Kier molecular flexibility index (Phi) is 5.55. The Morgan fingerprint density at radius 2 is 2.24 bits per heavy atom. The number of aliphatic hydroxyl groups is 1. The predicted octanol–water partition coefficient (Wildman–Crippen LogP) is 1.81. The molecule has 1 saturated carbocycles. The second kappa shape index (κ2) is 7.40. The molecule has 118 valence electrons. The van der Waals surface area contributed by atoms with Gasteiger partial charge in [0.05, 0.1) is 6.61 Å². The minimum absolute atomic E-state index is 0.0535. The zero-order chi connectivity index (χ0) is 15.2. The highest BCUT2D eigenvalue weighted by Crippen LogP contribution is 2.32. The molecule has 0 aromatic carbocycles. The van der Waals surface area contributed by atoms with E-state index >= 15 is 0 Å². The van der Waals surface area contributed by atoms with Gasteiger partial charge in [-0.15, -0.1) is 0 Å². The van der Waals surface area contributed by atoms with Gasteiger partial charge in [0.15, 0.2) is 5.82 Å². The highest BCUT2D eigenvalue weighted by molar-refractivity contribution is 5.74. The predicted molar refractivity (Wildman–Crippen MR) is 76.8 cm³/mol. The summed E-state index contributed by atoms with van der Waals surface area (Å²) in [6.45, 7) is 4.48. The highest BCUT2D eigenvalue weighted by Gasteiger charge is 2.25. The van der Waals surface area contributed by atoms with E-state index in [1.54, 1.807) is 0 Å². The van der Waals surface area contributed by atoms with Gasteiger partial charge >= 0.3 is 6.03 Å². The van der Waals surface area contributed by atoms with Crippen molar-refractivity contribution in [1.82, 2.24) is 20.4 Å². The van der Waals surface area contributed by atoms with Crippen molar-refractivity contribution in [3.63, 3.8) is 0 Å². The number of urea groups is 1. The van der Waals surface area contributed by atoms with Gasteiger partial charge < -0.3 is 19.8 Å². The normalized spacial score (nSPS) is 16.9. The van der Waals surface area contributed by atoms with E-state index in [1.165, 1.54) is 17.7 Å². The smallest absolute Gasteiger partial charge is 0.318 e. The van der Waals surface area contributed by atoms with Crippen molar-refractivity contribution in [3.05, 3.63) is 11.7 Å². The van der Waals surface area contributed by atoms with E-state index in [1.807, 2.05) is 13.8 Å². The molecule has 2 amide bonds. The SMILES string of the molecule is CCN(CCO)C(=O)NC(C)c1nc(C2CCCC2)no1. The van der Waals surface area contributed by atoms with Crippen LogP contribution in [0.5, 0.6) is 0 Å². The molecule has 2 rings (SSSR count). The minimum atomic E-state index is -0.340. The molecule has 1 fully saturated rings. The van der Waals surface area contributed by atoms with E-state index in [4.69, 9.17) is 9.63 Å². The van der Waals surface area contributed by atoms with Crippen molar-refractivity contribution in [1.29, 1.82) is 0 Å². The quantitative estimate of drug-likeness (QED) is 0.835. The van der Waals surface area contributed by atoms with Crippen molar-refractivity contribution in [2.45, 2.75) is 51.5 Å². The van der Waals surface area contributed by atoms with Crippen LogP contribution >= 0.6 is 0 Å². The van der Waals surface area contributed by atoms with Crippen molar-refractivity contribution in [3.8, 4) is 0 Å². The molecular formula is C14H24N4O3. The number of rotatable bonds is 6. The molecule has 7 heteroatoms. The van der Waals surface area contributed by atoms with Gasteiger partial charge in [0.2, 0.25) is 5.89 Å². The van der Waals surface area contributed by atoms with Gasteiger partial charge in [0.1, 0.15) is 6.04 Å². The van der Waals surface area contributed by atoms with E-state index in [2.05, 4.69) is 15.5 Å². The average molecular weight is 296 g/mol. The number of nitrogens with one attached hydrogen (secondary N) is 1. The molecule has 0 saturated heterocycles. The third-order valence-electron chi connectivity index (χ3n) is 3.93. The fourth-order valence-electron chi connectivity index (χ4n) is 2.64. The third-order valence-corrected chi connectivity index (χ3v) is 3.93. The van der Waals surface area contributed by atoms with Crippen LogP contribution in [0, 0.1) is 0 Å². The molecule has 0 bridgehead atoms. The summed E-state index contributed by atoms with van der Waals surface area (Å²) in [7, 11) is 0. The number of carbonyl (C=O) groups excluding carboxylic acids is 1. The van der Waals surface area contributed by atoms with E-state index in [-0.39, 0.29) is 18.7 Å². The van der Waals surface area contributed by atoms with Gasteiger partial charge in [-0.3, -0.25) is 0 Å². The Balaban J connectivity index is 1.93. The molecule has 21 heavy (non-hydrogen) atoms. The molecule has 1 heterocycles. The zero-order valence-electron chi connectivity index (χ0n) is 12.7. The van der Waals surface area contributed by atoms with Gasteiger partial charge in [-0.25, -0.2) is 4.79 Å². The summed E-state index contributed by atoms with van der Waals surface area (Å²) in [4.78, 5) is 18.0. The Labute approximate surface area is 124 Å². The van der Waals surface area contributed by atoms with Gasteiger partial charge in [-0.1, -0.05) is 18.0 Å². The molecule has 1 aliphatic carbocycles. The highest BCUT2D eigenvalue weighted by atomic mass is 16.5. The van der Waals surface area contributed by atoms with Crippen LogP contribution in [0.15, 0.2) is 4.52 Å². The summed E-state index contributed by atoms with van der Waals surface area (Å²) in [6.07, 6.45) is 4.65. The molecule has 7 nitrogen and oxygen atoms in total. The fourth-order valence-corrected chi connectivity index (χ4v) is 2.64. The standard InChI is InChI=1S/C14H24N4O3/c1-3-18(8-9-19)14(20)15-10(2)13-16-12(17-21-13)11-6-4-5-7-11/h10-11,19H,3-9H2,1-2H3,(H,15,20). The summed E-state index contributed by atoms with van der Waals surface area (Å²) >= 11 is 0. The minimum Gasteiger partial charge on any atom is -0.395 e. The molecule has 0 spiro atoms. The largest absolute Gasteiger partial charge is 0.395 e. The second-order valence-corrected chi connectivity index (χ2v) is 5.45. The zero-order valence-corrected chi connectivity index (χ0v) is 12.7. The lowest BCUT2D eigenvalue weighted by atomic mass is 10.1. The summed E-state index contributed by atoms with van der Waals surface area (Å²) in [5.41, 5.74) is 0. The number of amides is 2. The van der Waals surface area contributed by atoms with Crippen LogP contribution in [0.25, 0.3) is 0 Å². The average Bonchev–Trinajstić information content (AvgIpc) is 3.14. The first-order valence-corrected chi connectivity index (χ1v) is 7.65. The summed E-state index contributed by atoms with van der Waals surface area (Å²) < 4.78 is 5.27. The van der Waals surface area contributed by atoms with Crippen LogP contribution in [0.4, 0.5) is 4.79 Å². The van der Waals surface area contributed by atoms with Crippen LogP contribution in [0.2, 0.25) is 0 Å². The van der Waals surface area contributed by atoms with Crippen LogP contribution in [0.1, 0.15) is 63.2 Å². The lowest BCUT2D eigenvalue weighted by Crippen LogP contribution is -2.42. The molecule has 1 atom stereocenters. The lowest BCUT2D eigenvalue weighted by molar-refractivity contribution is 0.175. The molecule has 1 aromatic heterocycles. The van der Waals surface area contributed by atoms with Crippen molar-refractivity contribution < 1.29 is 14.4 Å². The van der Waals surface area contributed by atoms with E-state index < -0.39 is 0 Å². The van der Waals surface area contributed by atoms with Crippen LogP contribution < -0.4 is 5.32 Å². The Morgan fingerprint density at radius 3 is 2.86 bits per heavy atom. The topological polar surface area (TPSA) is 91.5 Å². The van der Waals surface area contributed by atoms with E-state index in [0.717, 1.165) is 18.7 Å². The van der Waals surface area contributed by atoms with Crippen molar-refractivity contribution >= 4 is 6.03 Å². The summed E-state index contributed by atoms with van der Waals surface area (Å²) in [5, 5.41) is 15.8. The number of hydrogen-bond acceptors (Lipinski definition) is 5. The third kappa shape index (κ3) is 3.93. The first-order valence-electron chi connectivity index (χ1n) is 7.65. The monoisotopic (exact) mass is 296 g/mol. The maximum atomic E-state index is 12.0. The number of carbonyl (C=O) groups is 1. The van der Waals surface area contributed by atoms with Crippen LogP contribution in [-0.4, -0.2) is 45.9 Å². The molecule has 1 aliphatic rings. The number of hydrogen-bond donors (Lipinski definition) is 2. The molecule has 1 unspecified atom stereocenters. The van der Waals surface area contributed by atoms with Crippen molar-refractivity contribution in [2.75, 3.05) is 19.7 Å². The number of aromatic nitrogens is 2. The number of aliphatic hydroxyl groups excluding tert-OH is 1. The fraction of sp³-hybridized carbons (Fsp3) is 0.786. The number of likely N-dealkylation sites (N-methyl/N-ethyl adjacent to an activating group) is 1. The second-order valence-electron chi connectivity index (χ2n) is 5.45. The van der Waals surface area contributed by atoms with Gasteiger partial charge in [-0.05, 0) is 26.7 Å². The lowest BCUT2D eigenvalue weighted by Gasteiger charge is -2.21. The number of nitrogens with zero attached hydrogens (tertiary/aromatic N) is 3. The molecule has 1 aromatic rings. The van der Waals surface area contributed by atoms with Crippen molar-refractivity contribution in [2.24, 2.45) is 0 Å². The Morgan fingerprint density at radius 1 is 1.52 bits per heavy atom. The molecule has 0 aliphatic heterocycles. The van der Waals surface area contributed by atoms with E-state index in [9.17, 15) is 4.79 Å². The molecule has 0 radical (unpaired) electrons. The van der Waals surface area contributed by atoms with Gasteiger partial charge in [-0.2, -0.15) is 4.98 Å². The summed E-state index contributed by atoms with van der Waals surface area (Å²) in [5.74, 6) is 1.59. The molecular weight excluding hydrogens is 272 g/mol. The van der Waals surface area contributed by atoms with E-state index in [0.29, 0.717) is 24.9 Å². The first-order chi connectivity index (χ1) is 10.2. The van der Waals surface area contributed by atoms with Gasteiger partial charge in [0.25, 0.3) is 0 Å². The van der Waals surface area contributed by atoms with Crippen LogP contribution in [-0.2, 0) is 0 Å². The Bertz CT molecular complexity index is 457. The first kappa shape index (κ1) is 15.8. The maximum Gasteiger partial charge on any atom is 0.318 e.